The number of carbonyl (C=O) groups excluding carboxylic acids is 1. The van der Waals surface area contributed by atoms with Gasteiger partial charge in [0.25, 0.3) is 5.91 Å². The molecule has 0 bridgehead atoms. The first-order valence-electron chi connectivity index (χ1n) is 8.49. The molecule has 5 heteroatoms. The fourth-order valence-corrected chi connectivity index (χ4v) is 3.66. The number of fused-ring (bicyclic) bond motifs is 2. The van der Waals surface area contributed by atoms with Gasteiger partial charge in [-0.15, -0.1) is 0 Å². The lowest BCUT2D eigenvalue weighted by Gasteiger charge is -2.11. The van der Waals surface area contributed by atoms with Crippen molar-refractivity contribution in [2.45, 2.75) is 32.8 Å². The first-order valence-corrected chi connectivity index (χ1v) is 8.49. The quantitative estimate of drug-likeness (QED) is 0.791. The van der Waals surface area contributed by atoms with E-state index in [0.717, 1.165) is 29.9 Å². The average molecular weight is 335 g/mol. The van der Waals surface area contributed by atoms with E-state index in [1.165, 1.54) is 11.1 Å². The summed E-state index contributed by atoms with van der Waals surface area (Å²) in [6.45, 7) is 3.95. The highest BCUT2D eigenvalue weighted by atomic mass is 16.5. The maximum absolute atomic E-state index is 12.8. The number of rotatable bonds is 3. The minimum Gasteiger partial charge on any atom is -0.377 e. The number of methoxy groups -OCH3 is 1. The number of benzene rings is 1. The number of carbonyl (C=O) groups is 1. The highest BCUT2D eigenvalue weighted by Gasteiger charge is 2.23. The summed E-state index contributed by atoms with van der Waals surface area (Å²) in [5.74, 6) is -0.146. The summed E-state index contributed by atoms with van der Waals surface area (Å²) in [5.41, 5.74) is 6.48. The van der Waals surface area contributed by atoms with E-state index in [2.05, 4.69) is 16.4 Å². The molecule has 1 aliphatic rings. The Kier molecular flexibility index (Phi) is 3.81. The van der Waals surface area contributed by atoms with Gasteiger partial charge in [-0.05, 0) is 62.1 Å². The summed E-state index contributed by atoms with van der Waals surface area (Å²) in [6.07, 6.45) is 4.02. The van der Waals surface area contributed by atoms with Gasteiger partial charge in [0.1, 0.15) is 5.65 Å². The Morgan fingerprint density at radius 2 is 2.12 bits per heavy atom. The molecule has 2 aromatic heterocycles. The number of amides is 1. The van der Waals surface area contributed by atoms with Gasteiger partial charge in [0.2, 0.25) is 0 Å². The smallest absolute Gasteiger partial charge is 0.259 e. The van der Waals surface area contributed by atoms with E-state index in [1.807, 2.05) is 48.7 Å². The van der Waals surface area contributed by atoms with Crippen LogP contribution in [0.15, 0.2) is 36.5 Å². The van der Waals surface area contributed by atoms with Crippen LogP contribution in [0, 0.1) is 13.8 Å². The van der Waals surface area contributed by atoms with Crippen molar-refractivity contribution in [3.8, 4) is 0 Å². The van der Waals surface area contributed by atoms with Gasteiger partial charge in [-0.2, -0.15) is 0 Å². The van der Waals surface area contributed by atoms with E-state index in [9.17, 15) is 4.79 Å². The molecule has 1 atom stereocenters. The van der Waals surface area contributed by atoms with Gasteiger partial charge in [-0.1, -0.05) is 6.07 Å². The van der Waals surface area contributed by atoms with Crippen LogP contribution in [0.3, 0.4) is 0 Å². The van der Waals surface area contributed by atoms with Crippen LogP contribution in [0.1, 0.15) is 45.4 Å². The fraction of sp³-hybridized carbons (Fsp3) is 0.300. The van der Waals surface area contributed by atoms with Crippen molar-refractivity contribution in [1.29, 1.82) is 0 Å². The molecule has 1 aliphatic carbocycles. The van der Waals surface area contributed by atoms with E-state index < -0.39 is 0 Å². The van der Waals surface area contributed by atoms with E-state index >= 15 is 0 Å². The lowest BCUT2D eigenvalue weighted by atomic mass is 10.1. The lowest BCUT2D eigenvalue weighted by molar-refractivity contribution is 0.102. The maximum atomic E-state index is 12.8. The normalized spacial score (nSPS) is 16.2. The largest absolute Gasteiger partial charge is 0.377 e. The summed E-state index contributed by atoms with van der Waals surface area (Å²) in [5, 5.41) is 3.00. The molecule has 0 spiro atoms. The van der Waals surface area contributed by atoms with E-state index in [0.29, 0.717) is 11.2 Å². The highest BCUT2D eigenvalue weighted by Crippen LogP contribution is 2.35. The standard InChI is InChI=1S/C20H21N3O2/c1-12-10-13(2)23-9-8-16(19(23)21-12)20(24)22-15-6-4-14-5-7-18(25-3)17(14)11-15/h4,6,8-11,18H,5,7H2,1-3H3,(H,22,24). The van der Waals surface area contributed by atoms with Crippen molar-refractivity contribution in [3.05, 3.63) is 64.6 Å². The molecule has 1 amide bonds. The molecule has 25 heavy (non-hydrogen) atoms. The Morgan fingerprint density at radius 1 is 1.28 bits per heavy atom. The van der Waals surface area contributed by atoms with Gasteiger partial charge in [-0.3, -0.25) is 4.79 Å². The number of hydrogen-bond acceptors (Lipinski definition) is 3. The third-order valence-corrected chi connectivity index (χ3v) is 4.90. The van der Waals surface area contributed by atoms with Crippen LogP contribution in [-0.2, 0) is 11.2 Å². The topological polar surface area (TPSA) is 55.6 Å². The minimum absolute atomic E-state index is 0.120. The molecule has 0 aliphatic heterocycles. The van der Waals surface area contributed by atoms with Crippen molar-refractivity contribution < 1.29 is 9.53 Å². The summed E-state index contributed by atoms with van der Waals surface area (Å²) in [6, 6.07) is 9.87. The van der Waals surface area contributed by atoms with Gasteiger partial charge >= 0.3 is 0 Å². The van der Waals surface area contributed by atoms with Crippen LogP contribution in [0.5, 0.6) is 0 Å². The number of nitrogens with zero attached hydrogens (tertiary/aromatic N) is 2. The monoisotopic (exact) mass is 335 g/mol. The van der Waals surface area contributed by atoms with Crippen molar-refractivity contribution in [3.63, 3.8) is 0 Å². The Morgan fingerprint density at radius 3 is 2.92 bits per heavy atom. The highest BCUT2D eigenvalue weighted by molar-refractivity contribution is 6.08. The van der Waals surface area contributed by atoms with Gasteiger partial charge in [0.05, 0.1) is 11.7 Å². The second-order valence-corrected chi connectivity index (χ2v) is 6.59. The average Bonchev–Trinajstić information content (AvgIpc) is 3.18. The first kappa shape index (κ1) is 15.8. The first-order chi connectivity index (χ1) is 12.1. The van der Waals surface area contributed by atoms with Crippen LogP contribution in [-0.4, -0.2) is 22.4 Å². The van der Waals surface area contributed by atoms with Gasteiger partial charge < -0.3 is 14.5 Å². The van der Waals surface area contributed by atoms with Crippen molar-refractivity contribution in [2.75, 3.05) is 12.4 Å². The summed E-state index contributed by atoms with van der Waals surface area (Å²) in [4.78, 5) is 17.3. The predicted octanol–water partition coefficient (Wildman–Crippen LogP) is 3.84. The number of nitrogens with one attached hydrogen (secondary N) is 1. The molecule has 3 aromatic rings. The molecule has 128 valence electrons. The zero-order valence-corrected chi connectivity index (χ0v) is 14.7. The number of aromatic nitrogens is 2. The molecular formula is C20H21N3O2. The fourth-order valence-electron chi connectivity index (χ4n) is 3.66. The second-order valence-electron chi connectivity index (χ2n) is 6.59. The number of hydrogen-bond donors (Lipinski definition) is 1. The molecular weight excluding hydrogens is 314 g/mol. The third kappa shape index (κ3) is 2.70. The Bertz CT molecular complexity index is 974. The second kappa shape index (κ2) is 6.01. The molecule has 0 saturated heterocycles. The molecule has 0 radical (unpaired) electrons. The third-order valence-electron chi connectivity index (χ3n) is 4.90. The van der Waals surface area contributed by atoms with Gasteiger partial charge in [0.15, 0.2) is 0 Å². The number of ether oxygens (including phenoxy) is 1. The van der Waals surface area contributed by atoms with Crippen LogP contribution in [0.2, 0.25) is 0 Å². The molecule has 1 aromatic carbocycles. The Labute approximate surface area is 146 Å². The van der Waals surface area contributed by atoms with Crippen LogP contribution >= 0.6 is 0 Å². The van der Waals surface area contributed by atoms with E-state index in [-0.39, 0.29) is 12.0 Å². The number of aryl methyl sites for hydroxylation is 3. The zero-order valence-electron chi connectivity index (χ0n) is 14.7. The van der Waals surface area contributed by atoms with E-state index in [4.69, 9.17) is 4.74 Å². The van der Waals surface area contributed by atoms with Crippen molar-refractivity contribution >= 4 is 17.2 Å². The molecule has 1 unspecified atom stereocenters. The molecule has 1 N–H and O–H groups in total. The Hall–Kier alpha value is -2.66. The molecule has 4 rings (SSSR count). The maximum Gasteiger partial charge on any atom is 0.259 e. The molecule has 0 fully saturated rings. The summed E-state index contributed by atoms with van der Waals surface area (Å²) in [7, 11) is 1.73. The SMILES string of the molecule is COC1CCc2ccc(NC(=O)c3ccn4c(C)cc(C)nc34)cc21. The van der Waals surface area contributed by atoms with Crippen LogP contribution in [0.25, 0.3) is 5.65 Å². The molecule has 2 heterocycles. The lowest BCUT2D eigenvalue weighted by Crippen LogP contribution is -2.13. The number of anilines is 1. The molecule has 0 saturated carbocycles. The minimum atomic E-state index is -0.146. The molecule has 5 nitrogen and oxygen atoms in total. The van der Waals surface area contributed by atoms with Crippen molar-refractivity contribution in [1.82, 2.24) is 9.38 Å². The van der Waals surface area contributed by atoms with Crippen molar-refractivity contribution in [2.24, 2.45) is 0 Å². The Balaban J connectivity index is 1.65. The zero-order chi connectivity index (χ0) is 17.6. The van der Waals surface area contributed by atoms with Crippen LogP contribution < -0.4 is 5.32 Å². The predicted molar refractivity (Wildman–Crippen MR) is 97.1 cm³/mol. The van der Waals surface area contributed by atoms with Gasteiger partial charge in [0, 0.05) is 30.4 Å². The van der Waals surface area contributed by atoms with E-state index in [1.54, 1.807) is 7.11 Å². The summed E-state index contributed by atoms with van der Waals surface area (Å²) < 4.78 is 7.46. The van der Waals surface area contributed by atoms with Crippen LogP contribution in [0.4, 0.5) is 5.69 Å². The van der Waals surface area contributed by atoms with Gasteiger partial charge in [-0.25, -0.2) is 4.98 Å². The summed E-state index contributed by atoms with van der Waals surface area (Å²) >= 11 is 0.